The molecule has 3 rings (SSSR count). The number of nitrogens with zero attached hydrogens (tertiary/aromatic N) is 2. The molecular weight excluding hydrogens is 243 g/mol. The van der Waals surface area contributed by atoms with Gasteiger partial charge >= 0.3 is 0 Å². The number of benzene rings is 1. The first-order chi connectivity index (χ1) is 9.28. The Morgan fingerprint density at radius 1 is 1.21 bits per heavy atom. The van der Waals surface area contributed by atoms with Crippen molar-refractivity contribution in [3.05, 3.63) is 29.6 Å². The van der Waals surface area contributed by atoms with Gasteiger partial charge < -0.3 is 4.90 Å². The first-order valence-electron chi connectivity index (χ1n) is 7.01. The highest BCUT2D eigenvalue weighted by molar-refractivity contribution is 5.76. The van der Waals surface area contributed by atoms with Crippen molar-refractivity contribution in [1.29, 1.82) is 0 Å². The lowest BCUT2D eigenvalue weighted by Gasteiger charge is -2.27. The Balaban J connectivity index is 1.82. The van der Waals surface area contributed by atoms with Gasteiger partial charge in [-0.25, -0.2) is 4.39 Å². The zero-order valence-corrected chi connectivity index (χ0v) is 11.0. The summed E-state index contributed by atoms with van der Waals surface area (Å²) in [4.78, 5) is 15.3. The van der Waals surface area contributed by atoms with Gasteiger partial charge in [-0.05, 0) is 44.0 Å². The van der Waals surface area contributed by atoms with E-state index >= 15 is 0 Å². The molecule has 102 valence electrons. The van der Waals surface area contributed by atoms with E-state index in [9.17, 15) is 9.18 Å². The van der Waals surface area contributed by atoms with Crippen LogP contribution in [0.15, 0.2) is 18.2 Å². The third-order valence-electron chi connectivity index (χ3n) is 4.25. The normalized spacial score (nSPS) is 24.1. The molecule has 1 atom stereocenters. The van der Waals surface area contributed by atoms with Crippen molar-refractivity contribution in [2.45, 2.75) is 25.3 Å². The van der Waals surface area contributed by atoms with E-state index in [4.69, 9.17) is 0 Å². The van der Waals surface area contributed by atoms with Crippen LogP contribution in [0.25, 0.3) is 0 Å². The molecule has 0 saturated carbocycles. The van der Waals surface area contributed by atoms with Crippen LogP contribution in [0.5, 0.6) is 0 Å². The zero-order chi connectivity index (χ0) is 13.2. The average molecular weight is 262 g/mol. The highest BCUT2D eigenvalue weighted by Crippen LogP contribution is 2.27. The Kier molecular flexibility index (Phi) is 3.51. The average Bonchev–Trinajstić information content (AvgIpc) is 2.76. The summed E-state index contributed by atoms with van der Waals surface area (Å²) in [7, 11) is 0. The van der Waals surface area contributed by atoms with Crippen molar-refractivity contribution < 1.29 is 9.18 Å². The van der Waals surface area contributed by atoms with E-state index in [1.807, 2.05) is 0 Å². The predicted molar refractivity (Wildman–Crippen MR) is 73.2 cm³/mol. The molecule has 0 aliphatic carbocycles. The molecule has 0 spiro atoms. The van der Waals surface area contributed by atoms with E-state index < -0.39 is 0 Å². The van der Waals surface area contributed by atoms with Gasteiger partial charge in [0.05, 0.1) is 5.69 Å². The molecule has 2 aliphatic heterocycles. The quantitative estimate of drug-likeness (QED) is 0.764. The number of halogens is 1. The van der Waals surface area contributed by atoms with E-state index in [-0.39, 0.29) is 5.82 Å². The molecule has 0 amide bonds. The second-order valence-corrected chi connectivity index (χ2v) is 5.46. The van der Waals surface area contributed by atoms with Crippen molar-refractivity contribution in [2.24, 2.45) is 0 Å². The monoisotopic (exact) mass is 262 g/mol. The molecule has 0 N–H and O–H groups in total. The molecule has 0 aromatic heterocycles. The highest BCUT2D eigenvalue weighted by Gasteiger charge is 2.29. The number of rotatable bonds is 2. The number of anilines is 1. The van der Waals surface area contributed by atoms with Crippen LogP contribution in [-0.4, -0.2) is 43.4 Å². The van der Waals surface area contributed by atoms with E-state index in [1.54, 1.807) is 12.1 Å². The van der Waals surface area contributed by atoms with Crippen LogP contribution < -0.4 is 4.90 Å². The molecule has 2 fully saturated rings. The molecule has 1 aromatic rings. The maximum Gasteiger partial charge on any atom is 0.150 e. The number of carbonyl (C=O) groups excluding carboxylic acids is 1. The highest BCUT2D eigenvalue weighted by atomic mass is 19.1. The Bertz CT molecular complexity index is 477. The fourth-order valence-electron chi connectivity index (χ4n) is 3.28. The topological polar surface area (TPSA) is 23.6 Å². The Morgan fingerprint density at radius 3 is 2.84 bits per heavy atom. The number of fused-ring (bicyclic) bond motifs is 1. The Hall–Kier alpha value is -1.42. The van der Waals surface area contributed by atoms with Gasteiger partial charge in [-0.3, -0.25) is 9.69 Å². The van der Waals surface area contributed by atoms with Crippen LogP contribution in [0, 0.1) is 5.82 Å². The van der Waals surface area contributed by atoms with Gasteiger partial charge in [0.25, 0.3) is 0 Å². The second kappa shape index (κ2) is 5.29. The largest absolute Gasteiger partial charge is 0.368 e. The van der Waals surface area contributed by atoms with Gasteiger partial charge in [0.15, 0.2) is 0 Å². The van der Waals surface area contributed by atoms with Crippen LogP contribution in [-0.2, 0) is 0 Å². The maximum atomic E-state index is 14.1. The molecule has 1 unspecified atom stereocenters. The molecular formula is C15H19FN2O. The molecule has 0 bridgehead atoms. The van der Waals surface area contributed by atoms with E-state index in [0.29, 0.717) is 23.6 Å². The first kappa shape index (κ1) is 12.6. The molecule has 0 radical (unpaired) electrons. The van der Waals surface area contributed by atoms with Crippen LogP contribution in [0.3, 0.4) is 0 Å². The van der Waals surface area contributed by atoms with E-state index in [1.165, 1.54) is 25.5 Å². The fourth-order valence-corrected chi connectivity index (χ4v) is 3.28. The van der Waals surface area contributed by atoms with Crippen LogP contribution in [0.4, 0.5) is 10.1 Å². The minimum atomic E-state index is -0.281. The van der Waals surface area contributed by atoms with Crippen LogP contribution in [0.2, 0.25) is 0 Å². The Labute approximate surface area is 113 Å². The number of carbonyl (C=O) groups is 1. The van der Waals surface area contributed by atoms with Crippen LogP contribution in [0.1, 0.15) is 29.6 Å². The molecule has 19 heavy (non-hydrogen) atoms. The summed E-state index contributed by atoms with van der Waals surface area (Å²) in [5.74, 6) is -0.281. The number of hydrogen-bond donors (Lipinski definition) is 0. The SMILES string of the molecule is O=Cc1ccc(N2CCCN3CCCC3C2)c(F)c1. The summed E-state index contributed by atoms with van der Waals surface area (Å²) < 4.78 is 14.1. The lowest BCUT2D eigenvalue weighted by Crippen LogP contribution is -2.36. The number of aldehydes is 1. The van der Waals surface area contributed by atoms with Gasteiger partial charge in [0.2, 0.25) is 0 Å². The predicted octanol–water partition coefficient (Wildman–Crippen LogP) is 2.31. The third-order valence-corrected chi connectivity index (χ3v) is 4.25. The number of hydrogen-bond acceptors (Lipinski definition) is 3. The summed E-state index contributed by atoms with van der Waals surface area (Å²) >= 11 is 0. The summed E-state index contributed by atoms with van der Waals surface area (Å²) in [6.07, 6.45) is 4.23. The standard InChI is InChI=1S/C15H19FN2O/c16-14-9-12(11-19)4-5-15(14)18-8-2-7-17-6-1-3-13(17)10-18/h4-5,9,11,13H,1-3,6-8,10H2. The first-order valence-corrected chi connectivity index (χ1v) is 7.01. The summed E-state index contributed by atoms with van der Waals surface area (Å²) in [6, 6.07) is 5.33. The molecule has 2 saturated heterocycles. The molecule has 1 aromatic carbocycles. The van der Waals surface area contributed by atoms with Crippen molar-refractivity contribution in [1.82, 2.24) is 4.90 Å². The fraction of sp³-hybridized carbons (Fsp3) is 0.533. The lowest BCUT2D eigenvalue weighted by molar-refractivity contribution is 0.112. The molecule has 4 heteroatoms. The van der Waals surface area contributed by atoms with E-state index in [0.717, 1.165) is 26.1 Å². The van der Waals surface area contributed by atoms with Crippen molar-refractivity contribution >= 4 is 12.0 Å². The van der Waals surface area contributed by atoms with Gasteiger partial charge in [-0.2, -0.15) is 0 Å². The van der Waals surface area contributed by atoms with Gasteiger partial charge in [0.1, 0.15) is 12.1 Å². The summed E-state index contributed by atoms with van der Waals surface area (Å²) in [5, 5.41) is 0. The van der Waals surface area contributed by atoms with Crippen molar-refractivity contribution in [2.75, 3.05) is 31.1 Å². The van der Waals surface area contributed by atoms with Crippen molar-refractivity contribution in [3.8, 4) is 0 Å². The van der Waals surface area contributed by atoms with Crippen LogP contribution >= 0.6 is 0 Å². The van der Waals surface area contributed by atoms with Gasteiger partial charge in [0, 0.05) is 31.2 Å². The molecule has 2 aliphatic rings. The minimum absolute atomic E-state index is 0.281. The smallest absolute Gasteiger partial charge is 0.150 e. The second-order valence-electron chi connectivity index (χ2n) is 5.46. The molecule has 3 nitrogen and oxygen atoms in total. The Morgan fingerprint density at radius 2 is 2.05 bits per heavy atom. The minimum Gasteiger partial charge on any atom is -0.368 e. The zero-order valence-electron chi connectivity index (χ0n) is 11.0. The molecule has 2 heterocycles. The van der Waals surface area contributed by atoms with E-state index in [2.05, 4.69) is 9.80 Å². The third kappa shape index (κ3) is 2.50. The van der Waals surface area contributed by atoms with Gasteiger partial charge in [-0.15, -0.1) is 0 Å². The lowest BCUT2D eigenvalue weighted by atomic mass is 10.1. The van der Waals surface area contributed by atoms with Gasteiger partial charge in [-0.1, -0.05) is 0 Å². The summed E-state index contributed by atoms with van der Waals surface area (Å²) in [6.45, 7) is 4.10. The maximum absolute atomic E-state index is 14.1. The van der Waals surface area contributed by atoms with Crippen molar-refractivity contribution in [3.63, 3.8) is 0 Å². The summed E-state index contributed by atoms with van der Waals surface area (Å²) in [5.41, 5.74) is 1.04.